The average Bonchev–Trinajstić information content (AvgIpc) is 2.92. The van der Waals surface area contributed by atoms with Crippen LogP contribution in [0, 0.1) is 6.92 Å². The van der Waals surface area contributed by atoms with E-state index in [1.807, 2.05) is 0 Å². The van der Waals surface area contributed by atoms with Gasteiger partial charge in [-0.3, -0.25) is 5.10 Å². The third kappa shape index (κ3) is 4.17. The lowest BCUT2D eigenvalue weighted by Gasteiger charge is -2.05. The summed E-state index contributed by atoms with van der Waals surface area (Å²) >= 11 is 0. The van der Waals surface area contributed by atoms with Gasteiger partial charge >= 0.3 is 0 Å². The lowest BCUT2D eigenvalue weighted by Crippen LogP contribution is -2.15. The quantitative estimate of drug-likeness (QED) is 0.724. The van der Waals surface area contributed by atoms with Crippen molar-refractivity contribution in [2.24, 2.45) is 0 Å². The van der Waals surface area contributed by atoms with E-state index in [2.05, 4.69) is 58.8 Å². The zero-order chi connectivity index (χ0) is 14.2. The van der Waals surface area contributed by atoms with E-state index in [-0.39, 0.29) is 0 Å². The second-order valence-corrected chi connectivity index (χ2v) is 5.24. The Morgan fingerprint density at radius 3 is 2.65 bits per heavy atom. The summed E-state index contributed by atoms with van der Waals surface area (Å²) < 4.78 is 0. The van der Waals surface area contributed by atoms with E-state index in [0.29, 0.717) is 0 Å². The lowest BCUT2D eigenvalue weighted by atomic mass is 10.1. The highest BCUT2D eigenvalue weighted by Gasteiger charge is 2.08. The summed E-state index contributed by atoms with van der Waals surface area (Å²) in [6.07, 6.45) is 5.13. The molecule has 0 aliphatic carbocycles. The number of nitrogens with zero attached hydrogens (tertiary/aromatic N) is 2. The van der Waals surface area contributed by atoms with Gasteiger partial charge in [0.1, 0.15) is 5.69 Å². The number of hydrogen-bond donors (Lipinski definition) is 2. The molecule has 0 radical (unpaired) electrons. The molecule has 0 saturated carbocycles. The Balaban J connectivity index is 1.87. The monoisotopic (exact) mass is 272 g/mol. The van der Waals surface area contributed by atoms with Gasteiger partial charge in [0.25, 0.3) is 0 Å². The maximum Gasteiger partial charge on any atom is 0.117 e. The maximum atomic E-state index is 4.20. The molecule has 0 aliphatic heterocycles. The molecule has 0 amide bonds. The lowest BCUT2D eigenvalue weighted by molar-refractivity contribution is 0.593. The van der Waals surface area contributed by atoms with Crippen molar-refractivity contribution in [3.8, 4) is 11.3 Å². The second-order valence-electron chi connectivity index (χ2n) is 5.24. The van der Waals surface area contributed by atoms with E-state index in [1.54, 1.807) is 0 Å². The van der Waals surface area contributed by atoms with Gasteiger partial charge in [0.05, 0.1) is 5.69 Å². The van der Waals surface area contributed by atoms with Crippen LogP contribution in [0.1, 0.15) is 43.9 Å². The normalized spacial score (nSPS) is 10.9. The number of benzene rings is 1. The van der Waals surface area contributed by atoms with Crippen LogP contribution >= 0.6 is 0 Å². The number of aryl methyl sites for hydroxylation is 1. The van der Waals surface area contributed by atoms with E-state index in [1.165, 1.54) is 31.2 Å². The van der Waals surface area contributed by atoms with Crippen LogP contribution in [0.25, 0.3) is 11.3 Å². The number of nitrogens with one attached hydrogen (secondary N) is 2. The van der Waals surface area contributed by atoms with Gasteiger partial charge in [0, 0.05) is 12.1 Å². The van der Waals surface area contributed by atoms with E-state index < -0.39 is 0 Å². The fraction of sp³-hybridized carbons (Fsp3) is 0.500. The zero-order valence-corrected chi connectivity index (χ0v) is 12.4. The molecular formula is C16H24N4. The van der Waals surface area contributed by atoms with Crippen LogP contribution in [0.15, 0.2) is 24.3 Å². The molecule has 0 bridgehead atoms. The average molecular weight is 272 g/mol. The summed E-state index contributed by atoms with van der Waals surface area (Å²) in [4.78, 5) is 0. The fourth-order valence-corrected chi connectivity index (χ4v) is 2.21. The predicted molar refractivity (Wildman–Crippen MR) is 82.4 cm³/mol. The minimum atomic E-state index is 0.794. The van der Waals surface area contributed by atoms with Gasteiger partial charge in [0.15, 0.2) is 0 Å². The molecule has 4 nitrogen and oxygen atoms in total. The highest BCUT2D eigenvalue weighted by molar-refractivity contribution is 5.61. The molecule has 2 aromatic rings. The van der Waals surface area contributed by atoms with E-state index in [0.717, 1.165) is 30.0 Å². The van der Waals surface area contributed by atoms with Gasteiger partial charge < -0.3 is 5.32 Å². The summed E-state index contributed by atoms with van der Waals surface area (Å²) in [7, 11) is 0. The number of unbranched alkanes of at least 4 members (excludes halogenated alkanes) is 3. The van der Waals surface area contributed by atoms with Gasteiger partial charge in [-0.25, -0.2) is 0 Å². The highest BCUT2D eigenvalue weighted by Crippen LogP contribution is 2.19. The van der Waals surface area contributed by atoms with Crippen molar-refractivity contribution in [1.82, 2.24) is 20.7 Å². The molecule has 2 rings (SSSR count). The summed E-state index contributed by atoms with van der Waals surface area (Å²) in [5.74, 6) is 0. The maximum absolute atomic E-state index is 4.20. The first kappa shape index (κ1) is 14.7. The van der Waals surface area contributed by atoms with Crippen LogP contribution in [0.5, 0.6) is 0 Å². The minimum Gasteiger partial charge on any atom is -0.311 e. The van der Waals surface area contributed by atoms with E-state index >= 15 is 0 Å². The Bertz CT molecular complexity index is 501. The third-order valence-corrected chi connectivity index (χ3v) is 3.45. The Hall–Kier alpha value is -1.68. The van der Waals surface area contributed by atoms with Crippen LogP contribution in [0.3, 0.4) is 0 Å². The van der Waals surface area contributed by atoms with Gasteiger partial charge in [-0.2, -0.15) is 0 Å². The standard InChI is InChI=1S/C16H24N4/c1-3-4-5-6-11-17-12-15-16(19-20-18-15)14-9-7-13(2)8-10-14/h7-10,17H,3-6,11-12H2,1-2H3,(H,18,19,20). The first-order valence-corrected chi connectivity index (χ1v) is 7.49. The molecule has 1 aromatic carbocycles. The summed E-state index contributed by atoms with van der Waals surface area (Å²) in [5.41, 5.74) is 4.38. The Kier molecular flexibility index (Phi) is 5.74. The molecule has 4 heteroatoms. The first-order chi connectivity index (χ1) is 9.81. The van der Waals surface area contributed by atoms with E-state index in [4.69, 9.17) is 0 Å². The van der Waals surface area contributed by atoms with Crippen molar-refractivity contribution in [3.63, 3.8) is 0 Å². The smallest absolute Gasteiger partial charge is 0.117 e. The van der Waals surface area contributed by atoms with Gasteiger partial charge in [-0.15, -0.1) is 5.10 Å². The molecule has 0 atom stereocenters. The molecule has 2 N–H and O–H groups in total. The van der Waals surface area contributed by atoms with Crippen molar-refractivity contribution in [2.45, 2.75) is 46.1 Å². The van der Waals surface area contributed by atoms with Crippen molar-refractivity contribution in [3.05, 3.63) is 35.5 Å². The van der Waals surface area contributed by atoms with Crippen LogP contribution in [-0.4, -0.2) is 22.0 Å². The number of H-pyrrole nitrogens is 1. The molecule has 0 fully saturated rings. The summed E-state index contributed by atoms with van der Waals surface area (Å²) in [6, 6.07) is 8.40. The van der Waals surface area contributed by atoms with Crippen LogP contribution in [0.4, 0.5) is 0 Å². The first-order valence-electron chi connectivity index (χ1n) is 7.49. The highest BCUT2D eigenvalue weighted by atomic mass is 15.3. The fourth-order valence-electron chi connectivity index (χ4n) is 2.21. The van der Waals surface area contributed by atoms with Crippen molar-refractivity contribution in [2.75, 3.05) is 6.54 Å². The van der Waals surface area contributed by atoms with Crippen LogP contribution < -0.4 is 5.32 Å². The summed E-state index contributed by atoms with van der Waals surface area (Å²) in [6.45, 7) is 6.16. The molecule has 1 heterocycles. The topological polar surface area (TPSA) is 53.6 Å². The second kappa shape index (κ2) is 7.80. The third-order valence-electron chi connectivity index (χ3n) is 3.45. The molecule has 108 valence electrons. The van der Waals surface area contributed by atoms with Gasteiger partial charge in [-0.1, -0.05) is 61.2 Å². The van der Waals surface area contributed by atoms with Crippen LogP contribution in [0.2, 0.25) is 0 Å². The molecule has 20 heavy (non-hydrogen) atoms. The zero-order valence-electron chi connectivity index (χ0n) is 12.4. The Morgan fingerprint density at radius 1 is 1.10 bits per heavy atom. The van der Waals surface area contributed by atoms with E-state index in [9.17, 15) is 0 Å². The van der Waals surface area contributed by atoms with Crippen molar-refractivity contribution >= 4 is 0 Å². The van der Waals surface area contributed by atoms with Crippen molar-refractivity contribution < 1.29 is 0 Å². The molecule has 0 unspecified atom stereocenters. The molecule has 0 spiro atoms. The Morgan fingerprint density at radius 2 is 1.90 bits per heavy atom. The molecule has 0 saturated heterocycles. The predicted octanol–water partition coefficient (Wildman–Crippen LogP) is 3.45. The minimum absolute atomic E-state index is 0.794. The number of hydrogen-bond acceptors (Lipinski definition) is 3. The molecular weight excluding hydrogens is 248 g/mol. The largest absolute Gasteiger partial charge is 0.311 e. The summed E-state index contributed by atoms with van der Waals surface area (Å²) in [5, 5.41) is 14.6. The molecule has 0 aliphatic rings. The Labute approximate surface area is 121 Å². The molecule has 1 aromatic heterocycles. The number of aromatic nitrogens is 3. The SMILES string of the molecule is CCCCCCNCc1[nH]nnc1-c1ccc(C)cc1. The van der Waals surface area contributed by atoms with Gasteiger partial charge in [-0.05, 0) is 19.9 Å². The number of aromatic amines is 1. The number of rotatable bonds is 8. The van der Waals surface area contributed by atoms with Crippen LogP contribution in [-0.2, 0) is 6.54 Å². The van der Waals surface area contributed by atoms with Crippen molar-refractivity contribution in [1.29, 1.82) is 0 Å². The van der Waals surface area contributed by atoms with Gasteiger partial charge in [0.2, 0.25) is 0 Å².